The van der Waals surface area contributed by atoms with Gasteiger partial charge in [-0.3, -0.25) is 14.3 Å². The number of rotatable bonds is 8. The van der Waals surface area contributed by atoms with E-state index in [2.05, 4.69) is 15.5 Å². The van der Waals surface area contributed by atoms with E-state index in [4.69, 9.17) is 23.2 Å². The van der Waals surface area contributed by atoms with Crippen molar-refractivity contribution in [2.45, 2.75) is 31.1 Å². The molecule has 0 aliphatic carbocycles. The first-order valence-electron chi connectivity index (χ1n) is 9.92. The number of aromatic nitrogens is 3. The Morgan fingerprint density at radius 1 is 1.16 bits per heavy atom. The molecule has 2 aromatic carbocycles. The van der Waals surface area contributed by atoms with Crippen LogP contribution in [-0.4, -0.2) is 45.4 Å². The molecular formula is C22H24Cl2FN5OS. The maximum Gasteiger partial charge on any atom is 0.230 e. The third kappa shape index (κ3) is 5.81. The summed E-state index contributed by atoms with van der Waals surface area (Å²) in [7, 11) is 3.88. The normalized spacial score (nSPS) is 13.2. The molecule has 0 saturated heterocycles. The van der Waals surface area contributed by atoms with Gasteiger partial charge in [0.2, 0.25) is 5.91 Å². The Labute approximate surface area is 201 Å². The lowest BCUT2D eigenvalue weighted by atomic mass is 10.1. The molecule has 6 nitrogen and oxygen atoms in total. The fourth-order valence-corrected chi connectivity index (χ4v) is 4.40. The predicted molar refractivity (Wildman–Crippen MR) is 127 cm³/mol. The number of carbonyl (C=O) groups excluding carboxylic acids is 1. The molecule has 2 atom stereocenters. The van der Waals surface area contributed by atoms with Crippen LogP contribution in [-0.2, 0) is 4.79 Å². The minimum absolute atomic E-state index is 0.0391. The van der Waals surface area contributed by atoms with Crippen LogP contribution in [0.15, 0.2) is 47.6 Å². The van der Waals surface area contributed by atoms with Crippen LogP contribution in [0.2, 0.25) is 10.0 Å². The van der Waals surface area contributed by atoms with Crippen LogP contribution in [0.25, 0.3) is 5.69 Å². The van der Waals surface area contributed by atoms with E-state index in [1.807, 2.05) is 37.4 Å². The monoisotopic (exact) mass is 495 g/mol. The Balaban J connectivity index is 1.76. The van der Waals surface area contributed by atoms with E-state index in [1.54, 1.807) is 30.3 Å². The third-order valence-corrected chi connectivity index (χ3v) is 6.52. The van der Waals surface area contributed by atoms with Crippen molar-refractivity contribution in [3.63, 3.8) is 0 Å². The van der Waals surface area contributed by atoms with Gasteiger partial charge >= 0.3 is 0 Å². The largest absolute Gasteiger partial charge is 0.349 e. The number of hydrogen-bond donors (Lipinski definition) is 1. The van der Waals surface area contributed by atoms with Crippen LogP contribution < -0.4 is 5.32 Å². The van der Waals surface area contributed by atoms with Crippen molar-refractivity contribution < 1.29 is 9.18 Å². The first-order chi connectivity index (χ1) is 15.2. The molecule has 0 saturated carbocycles. The maximum absolute atomic E-state index is 13.5. The summed E-state index contributed by atoms with van der Waals surface area (Å²) in [4.78, 5) is 14.6. The molecular weight excluding hydrogens is 472 g/mol. The summed E-state index contributed by atoms with van der Waals surface area (Å²) >= 11 is 13.5. The Hall–Kier alpha value is -2.13. The van der Waals surface area contributed by atoms with E-state index < -0.39 is 0 Å². The third-order valence-electron chi connectivity index (χ3n) is 5.03. The molecule has 1 heterocycles. The minimum atomic E-state index is -0.326. The molecule has 2 unspecified atom stereocenters. The Morgan fingerprint density at radius 2 is 1.84 bits per heavy atom. The number of hydrogen-bond acceptors (Lipinski definition) is 5. The van der Waals surface area contributed by atoms with Gasteiger partial charge in [-0.05, 0) is 69.9 Å². The number of nitrogens with one attached hydrogen (secondary N) is 1. The van der Waals surface area contributed by atoms with E-state index in [-0.39, 0.29) is 29.6 Å². The number of thioether (sulfide) groups is 1. The summed E-state index contributed by atoms with van der Waals surface area (Å²) in [6.07, 6.45) is 0. The molecule has 3 aromatic rings. The second kappa shape index (κ2) is 10.7. The smallest absolute Gasteiger partial charge is 0.230 e. The van der Waals surface area contributed by atoms with Crippen molar-refractivity contribution in [2.24, 2.45) is 0 Å². The van der Waals surface area contributed by atoms with E-state index in [0.717, 1.165) is 11.3 Å². The molecule has 170 valence electrons. The lowest BCUT2D eigenvalue weighted by molar-refractivity contribution is -0.119. The zero-order valence-corrected chi connectivity index (χ0v) is 20.5. The zero-order valence-electron chi connectivity index (χ0n) is 18.1. The summed E-state index contributed by atoms with van der Waals surface area (Å²) in [5, 5.41) is 13.2. The van der Waals surface area contributed by atoms with Crippen LogP contribution in [0.1, 0.15) is 37.3 Å². The predicted octanol–water partition coefficient (Wildman–Crippen LogP) is 5.31. The molecule has 1 N–H and O–H groups in total. The highest BCUT2D eigenvalue weighted by molar-refractivity contribution is 7.99. The van der Waals surface area contributed by atoms with Gasteiger partial charge in [-0.15, -0.1) is 10.2 Å². The molecule has 0 fully saturated rings. The molecule has 0 bridgehead atoms. The summed E-state index contributed by atoms with van der Waals surface area (Å²) in [6.45, 7) is 3.86. The molecule has 10 heteroatoms. The average Bonchev–Trinajstić information content (AvgIpc) is 3.15. The molecule has 32 heavy (non-hydrogen) atoms. The summed E-state index contributed by atoms with van der Waals surface area (Å²) in [5.74, 6) is 0.327. The molecule has 3 rings (SSSR count). The van der Waals surface area contributed by atoms with Gasteiger partial charge in [-0.25, -0.2) is 4.39 Å². The van der Waals surface area contributed by atoms with Gasteiger partial charge < -0.3 is 5.32 Å². The van der Waals surface area contributed by atoms with Gasteiger partial charge in [0.25, 0.3) is 0 Å². The Kier molecular flexibility index (Phi) is 8.16. The standard InChI is InChI=1S/C22H24Cl2FN5OS/c1-13(18-10-5-15(23)11-19(18)24)26-20(31)12-32-22-28-27-21(14(2)29(3)4)30(22)17-8-6-16(25)7-9-17/h5-11,13-14H,12H2,1-4H3,(H,26,31). The van der Waals surface area contributed by atoms with Crippen LogP contribution in [0.5, 0.6) is 0 Å². The first kappa shape index (κ1) is 24.5. The van der Waals surface area contributed by atoms with Crippen LogP contribution >= 0.6 is 35.0 Å². The fraction of sp³-hybridized carbons (Fsp3) is 0.318. The number of amides is 1. The van der Waals surface area contributed by atoms with Gasteiger partial charge in [0.05, 0.1) is 17.8 Å². The zero-order chi connectivity index (χ0) is 23.4. The minimum Gasteiger partial charge on any atom is -0.349 e. The number of benzene rings is 2. The molecule has 0 spiro atoms. The van der Waals surface area contributed by atoms with Gasteiger partial charge in [-0.2, -0.15) is 0 Å². The lowest BCUT2D eigenvalue weighted by Crippen LogP contribution is -2.28. The van der Waals surface area contributed by atoms with Crippen LogP contribution in [0.4, 0.5) is 4.39 Å². The van der Waals surface area contributed by atoms with Gasteiger partial charge in [-0.1, -0.05) is 41.0 Å². The van der Waals surface area contributed by atoms with Crippen molar-refractivity contribution in [2.75, 3.05) is 19.8 Å². The Morgan fingerprint density at radius 3 is 2.47 bits per heavy atom. The number of carbonyl (C=O) groups is 1. The molecule has 0 radical (unpaired) electrons. The highest BCUT2D eigenvalue weighted by Crippen LogP contribution is 2.28. The van der Waals surface area contributed by atoms with E-state index in [1.165, 1.54) is 23.9 Å². The van der Waals surface area contributed by atoms with Crippen LogP contribution in [0.3, 0.4) is 0 Å². The number of nitrogens with zero attached hydrogens (tertiary/aromatic N) is 4. The van der Waals surface area contributed by atoms with Crippen LogP contribution in [0, 0.1) is 5.82 Å². The van der Waals surface area contributed by atoms with Crippen molar-refractivity contribution in [1.82, 2.24) is 25.0 Å². The molecule has 1 aromatic heterocycles. The van der Waals surface area contributed by atoms with Gasteiger partial charge in [0.1, 0.15) is 5.82 Å². The van der Waals surface area contributed by atoms with E-state index >= 15 is 0 Å². The van der Waals surface area contributed by atoms with E-state index in [0.29, 0.717) is 21.0 Å². The molecule has 1 amide bonds. The summed E-state index contributed by atoms with van der Waals surface area (Å²) < 4.78 is 15.3. The van der Waals surface area contributed by atoms with Gasteiger partial charge in [0, 0.05) is 15.7 Å². The first-order valence-corrected chi connectivity index (χ1v) is 11.7. The van der Waals surface area contributed by atoms with Crippen molar-refractivity contribution in [1.29, 1.82) is 0 Å². The highest BCUT2D eigenvalue weighted by Gasteiger charge is 2.22. The maximum atomic E-state index is 13.5. The lowest BCUT2D eigenvalue weighted by Gasteiger charge is -2.20. The number of halogens is 3. The second-order valence-electron chi connectivity index (χ2n) is 7.54. The topological polar surface area (TPSA) is 63.1 Å². The summed E-state index contributed by atoms with van der Waals surface area (Å²) in [5.41, 5.74) is 1.51. The van der Waals surface area contributed by atoms with Crippen molar-refractivity contribution in [3.8, 4) is 5.69 Å². The van der Waals surface area contributed by atoms with Crippen molar-refractivity contribution in [3.05, 3.63) is 69.7 Å². The molecule has 0 aliphatic heterocycles. The quantitative estimate of drug-likeness (QED) is 0.429. The molecule has 0 aliphatic rings. The SMILES string of the molecule is CC(NC(=O)CSc1nnc(C(C)N(C)C)n1-c1ccc(F)cc1)c1ccc(Cl)cc1Cl. The fourth-order valence-electron chi connectivity index (χ4n) is 3.05. The highest BCUT2D eigenvalue weighted by atomic mass is 35.5. The van der Waals surface area contributed by atoms with E-state index in [9.17, 15) is 9.18 Å². The second-order valence-corrected chi connectivity index (χ2v) is 9.32. The Bertz CT molecular complexity index is 1090. The summed E-state index contributed by atoms with van der Waals surface area (Å²) in [6, 6.07) is 11.0. The average molecular weight is 496 g/mol. The van der Waals surface area contributed by atoms with Crippen molar-refractivity contribution >= 4 is 40.9 Å². The van der Waals surface area contributed by atoms with Gasteiger partial charge in [0.15, 0.2) is 11.0 Å².